The molecule has 114 valence electrons. The molecular formula is C15H20N2O4. The van der Waals surface area contributed by atoms with Gasteiger partial charge in [-0.05, 0) is 43.9 Å². The molecule has 21 heavy (non-hydrogen) atoms. The number of aliphatic hydroxyl groups is 1. The topological polar surface area (TPSA) is 89.9 Å². The summed E-state index contributed by atoms with van der Waals surface area (Å²) < 4.78 is 0. The van der Waals surface area contributed by atoms with Gasteiger partial charge in [0.1, 0.15) is 0 Å². The van der Waals surface area contributed by atoms with Gasteiger partial charge in [-0.2, -0.15) is 0 Å². The van der Waals surface area contributed by atoms with Gasteiger partial charge in [0.2, 0.25) is 0 Å². The van der Waals surface area contributed by atoms with Crippen molar-refractivity contribution in [2.45, 2.75) is 32.2 Å². The minimum Gasteiger partial charge on any atom is -0.478 e. The van der Waals surface area contributed by atoms with E-state index in [4.69, 9.17) is 5.11 Å². The number of hydrogen-bond acceptors (Lipinski definition) is 3. The maximum atomic E-state index is 12.3. The molecule has 1 fully saturated rings. The Kier molecular flexibility index (Phi) is 4.80. The number of urea groups is 1. The highest BCUT2D eigenvalue weighted by atomic mass is 16.4. The fourth-order valence-electron chi connectivity index (χ4n) is 2.53. The molecule has 0 aromatic heterocycles. The fourth-order valence-corrected chi connectivity index (χ4v) is 2.53. The summed E-state index contributed by atoms with van der Waals surface area (Å²) in [5, 5.41) is 21.1. The van der Waals surface area contributed by atoms with Gasteiger partial charge < -0.3 is 20.4 Å². The van der Waals surface area contributed by atoms with E-state index in [0.717, 1.165) is 24.8 Å². The number of hydrogen-bond donors (Lipinski definition) is 3. The third-order valence-corrected chi connectivity index (χ3v) is 3.82. The van der Waals surface area contributed by atoms with Crippen LogP contribution < -0.4 is 5.32 Å². The van der Waals surface area contributed by atoms with Crippen molar-refractivity contribution in [1.82, 2.24) is 4.90 Å². The average molecular weight is 292 g/mol. The summed E-state index contributed by atoms with van der Waals surface area (Å²) in [5.74, 6) is -1.03. The van der Waals surface area contributed by atoms with Gasteiger partial charge >= 0.3 is 12.0 Å². The number of carbonyl (C=O) groups is 2. The smallest absolute Gasteiger partial charge is 0.335 e. The lowest BCUT2D eigenvalue weighted by Gasteiger charge is -2.34. The number of benzene rings is 1. The molecule has 0 aliphatic carbocycles. The second-order valence-corrected chi connectivity index (χ2v) is 5.29. The van der Waals surface area contributed by atoms with E-state index >= 15 is 0 Å². The minimum absolute atomic E-state index is 0.0540. The number of amides is 2. The number of nitrogens with zero attached hydrogens (tertiary/aromatic N) is 1. The number of rotatable bonds is 3. The SMILES string of the molecule is Cc1ccc(C(=O)O)cc1NC(=O)N1CCCCC1CO. The molecule has 1 aliphatic rings. The molecule has 2 rings (SSSR count). The summed E-state index contributed by atoms with van der Waals surface area (Å²) in [7, 11) is 0. The molecule has 1 saturated heterocycles. The quantitative estimate of drug-likeness (QED) is 0.795. The summed E-state index contributed by atoms with van der Waals surface area (Å²) in [6.45, 7) is 2.36. The number of likely N-dealkylation sites (tertiary alicyclic amines) is 1. The Balaban J connectivity index is 2.15. The van der Waals surface area contributed by atoms with E-state index in [1.165, 1.54) is 12.1 Å². The Morgan fingerprint density at radius 1 is 1.38 bits per heavy atom. The van der Waals surface area contributed by atoms with Gasteiger partial charge in [-0.25, -0.2) is 9.59 Å². The van der Waals surface area contributed by atoms with E-state index in [-0.39, 0.29) is 24.2 Å². The molecule has 6 heteroatoms. The molecule has 1 aromatic carbocycles. The van der Waals surface area contributed by atoms with E-state index in [0.29, 0.717) is 12.2 Å². The maximum absolute atomic E-state index is 12.3. The van der Waals surface area contributed by atoms with Crippen molar-refractivity contribution in [3.05, 3.63) is 29.3 Å². The van der Waals surface area contributed by atoms with Crippen molar-refractivity contribution in [3.63, 3.8) is 0 Å². The standard InChI is InChI=1S/C15H20N2O4/c1-10-5-6-11(14(19)20)8-13(10)16-15(21)17-7-3-2-4-12(17)9-18/h5-6,8,12,18H,2-4,7,9H2,1H3,(H,16,21)(H,19,20). The van der Waals surface area contributed by atoms with Crippen LogP contribution in [0.3, 0.4) is 0 Å². The number of aryl methyl sites for hydroxylation is 1. The van der Waals surface area contributed by atoms with E-state index in [1.54, 1.807) is 17.9 Å². The normalized spacial score (nSPS) is 18.4. The highest BCUT2D eigenvalue weighted by molar-refractivity contribution is 5.94. The molecule has 1 atom stereocenters. The van der Waals surface area contributed by atoms with Crippen LogP contribution in [0.5, 0.6) is 0 Å². The highest BCUT2D eigenvalue weighted by Gasteiger charge is 2.26. The van der Waals surface area contributed by atoms with Gasteiger partial charge in [0, 0.05) is 12.2 Å². The molecule has 1 aliphatic heterocycles. The molecule has 2 amide bonds. The summed E-state index contributed by atoms with van der Waals surface area (Å²) in [4.78, 5) is 24.9. The molecule has 0 radical (unpaired) electrons. The minimum atomic E-state index is -1.03. The van der Waals surface area contributed by atoms with Gasteiger partial charge in [-0.3, -0.25) is 0 Å². The van der Waals surface area contributed by atoms with Gasteiger partial charge in [0.05, 0.1) is 18.2 Å². The predicted molar refractivity (Wildman–Crippen MR) is 78.6 cm³/mol. The number of carboxylic acids is 1. The number of aliphatic hydroxyl groups excluding tert-OH is 1. The molecule has 1 aromatic rings. The Morgan fingerprint density at radius 3 is 2.81 bits per heavy atom. The van der Waals surface area contributed by atoms with Crippen LogP contribution in [0, 0.1) is 6.92 Å². The second-order valence-electron chi connectivity index (χ2n) is 5.29. The molecule has 0 spiro atoms. The Bertz CT molecular complexity index is 544. The van der Waals surface area contributed by atoms with Gasteiger partial charge in [-0.15, -0.1) is 0 Å². The second kappa shape index (κ2) is 6.58. The summed E-state index contributed by atoms with van der Waals surface area (Å²) in [5.41, 5.74) is 1.42. The lowest BCUT2D eigenvalue weighted by Crippen LogP contribution is -2.47. The predicted octanol–water partition coefficient (Wildman–Crippen LogP) is 2.07. The van der Waals surface area contributed by atoms with Gasteiger partial charge in [0.25, 0.3) is 0 Å². The van der Waals surface area contributed by atoms with Crippen LogP contribution >= 0.6 is 0 Å². The number of carbonyl (C=O) groups excluding carboxylic acids is 1. The van der Waals surface area contributed by atoms with Gasteiger partial charge in [-0.1, -0.05) is 6.07 Å². The highest BCUT2D eigenvalue weighted by Crippen LogP contribution is 2.21. The van der Waals surface area contributed by atoms with E-state index in [1.807, 2.05) is 0 Å². The molecule has 6 nitrogen and oxygen atoms in total. The first-order valence-electron chi connectivity index (χ1n) is 7.05. The Hall–Kier alpha value is -2.08. The number of nitrogens with one attached hydrogen (secondary N) is 1. The van der Waals surface area contributed by atoms with Crippen LogP contribution in [0.1, 0.15) is 35.2 Å². The van der Waals surface area contributed by atoms with Crippen LogP contribution in [0.15, 0.2) is 18.2 Å². The third kappa shape index (κ3) is 3.52. The van der Waals surface area contributed by atoms with E-state index < -0.39 is 5.97 Å². The van der Waals surface area contributed by atoms with Crippen LogP contribution in [0.4, 0.5) is 10.5 Å². The maximum Gasteiger partial charge on any atom is 0.335 e. The lowest BCUT2D eigenvalue weighted by atomic mass is 10.0. The first kappa shape index (κ1) is 15.3. The average Bonchev–Trinajstić information content (AvgIpc) is 2.49. The summed E-state index contributed by atoms with van der Waals surface area (Å²) in [6.07, 6.45) is 2.71. The molecule has 1 heterocycles. The monoisotopic (exact) mass is 292 g/mol. The van der Waals surface area contributed by atoms with Gasteiger partial charge in [0.15, 0.2) is 0 Å². The molecule has 0 saturated carbocycles. The van der Waals surface area contributed by atoms with Crippen molar-refractivity contribution in [3.8, 4) is 0 Å². The van der Waals surface area contributed by atoms with Crippen molar-refractivity contribution < 1.29 is 19.8 Å². The van der Waals surface area contributed by atoms with Crippen LogP contribution in [0.25, 0.3) is 0 Å². The number of piperidine rings is 1. The molecule has 1 unspecified atom stereocenters. The number of carboxylic acid groups (broad SMARTS) is 1. The van der Waals surface area contributed by atoms with Crippen molar-refractivity contribution in [2.75, 3.05) is 18.5 Å². The van der Waals surface area contributed by atoms with E-state index in [9.17, 15) is 14.7 Å². The zero-order valence-electron chi connectivity index (χ0n) is 12.0. The summed E-state index contributed by atoms with van der Waals surface area (Å²) in [6, 6.07) is 4.16. The molecule has 3 N–H and O–H groups in total. The van der Waals surface area contributed by atoms with Crippen LogP contribution in [-0.4, -0.2) is 46.3 Å². The van der Waals surface area contributed by atoms with Crippen molar-refractivity contribution >= 4 is 17.7 Å². The van der Waals surface area contributed by atoms with Crippen LogP contribution in [0.2, 0.25) is 0 Å². The van der Waals surface area contributed by atoms with Crippen molar-refractivity contribution in [2.24, 2.45) is 0 Å². The first-order chi connectivity index (χ1) is 10.0. The first-order valence-corrected chi connectivity index (χ1v) is 7.05. The number of anilines is 1. The van der Waals surface area contributed by atoms with Crippen molar-refractivity contribution in [1.29, 1.82) is 0 Å². The third-order valence-electron chi connectivity index (χ3n) is 3.82. The lowest BCUT2D eigenvalue weighted by molar-refractivity contribution is 0.0697. The summed E-state index contributed by atoms with van der Waals surface area (Å²) >= 11 is 0. The molecular weight excluding hydrogens is 272 g/mol. The Morgan fingerprint density at radius 2 is 2.14 bits per heavy atom. The fraction of sp³-hybridized carbons (Fsp3) is 0.467. The van der Waals surface area contributed by atoms with E-state index in [2.05, 4.69) is 5.32 Å². The zero-order chi connectivity index (χ0) is 15.4. The largest absolute Gasteiger partial charge is 0.478 e. The zero-order valence-corrected chi connectivity index (χ0v) is 12.0. The number of aromatic carboxylic acids is 1. The Labute approximate surface area is 123 Å². The van der Waals surface area contributed by atoms with Crippen LogP contribution in [-0.2, 0) is 0 Å². The molecule has 0 bridgehead atoms.